The lowest BCUT2D eigenvalue weighted by Gasteiger charge is -2.29. The lowest BCUT2D eigenvalue weighted by molar-refractivity contribution is -0.265. The van der Waals surface area contributed by atoms with Crippen molar-refractivity contribution in [3.63, 3.8) is 0 Å². The molecule has 3 rings (SSSR count). The molecule has 31 heavy (non-hydrogen) atoms. The van der Waals surface area contributed by atoms with Gasteiger partial charge in [-0.25, -0.2) is 19.6 Å². The summed E-state index contributed by atoms with van der Waals surface area (Å²) >= 11 is 0. The van der Waals surface area contributed by atoms with Crippen LogP contribution in [0.4, 0.5) is 5.69 Å². The van der Waals surface area contributed by atoms with Crippen LogP contribution >= 0.6 is 7.60 Å². The molecule has 1 heterocycles. The third-order valence-electron chi connectivity index (χ3n) is 4.61. The van der Waals surface area contributed by atoms with Crippen LogP contribution in [0, 0.1) is 0 Å². The summed E-state index contributed by atoms with van der Waals surface area (Å²) in [6, 6.07) is 17.6. The van der Waals surface area contributed by atoms with Crippen LogP contribution in [0.3, 0.4) is 0 Å². The summed E-state index contributed by atoms with van der Waals surface area (Å²) in [4.78, 5) is 28.7. The predicted octanol–water partition coefficient (Wildman–Crippen LogP) is 4.22. The molecule has 1 aliphatic rings. The Morgan fingerprint density at radius 1 is 0.968 bits per heavy atom. The Labute approximate surface area is 181 Å². The molecule has 0 bridgehead atoms. The number of nitrogens with zero attached hydrogens (tertiary/aromatic N) is 1. The first-order chi connectivity index (χ1) is 15.1. The van der Waals surface area contributed by atoms with Gasteiger partial charge in [0.25, 0.3) is 0 Å². The van der Waals surface area contributed by atoms with E-state index in [-0.39, 0.29) is 13.2 Å². The maximum absolute atomic E-state index is 13.9. The number of rotatable bonds is 10. The number of benzene rings is 2. The number of esters is 1. The van der Waals surface area contributed by atoms with Gasteiger partial charge in [0, 0.05) is 0 Å². The van der Waals surface area contributed by atoms with Crippen molar-refractivity contribution in [2.24, 2.45) is 0 Å². The van der Waals surface area contributed by atoms with E-state index in [0.717, 1.165) is 5.56 Å². The maximum atomic E-state index is 13.9. The fraction of sp³-hybridized carbons (Fsp3) is 0.381. The molecule has 3 atom stereocenters. The fourth-order valence-electron chi connectivity index (χ4n) is 3.34. The predicted molar refractivity (Wildman–Crippen MR) is 112 cm³/mol. The average molecular weight is 451 g/mol. The molecule has 1 aliphatic heterocycles. The summed E-state index contributed by atoms with van der Waals surface area (Å²) in [5.74, 6) is -0.732. The van der Waals surface area contributed by atoms with Crippen LogP contribution in [-0.2, 0) is 38.1 Å². The normalized spacial score (nSPS) is 21.3. The third-order valence-corrected chi connectivity index (χ3v) is 6.52. The monoisotopic (exact) mass is 451 g/mol. The van der Waals surface area contributed by atoms with Crippen LogP contribution in [0.15, 0.2) is 60.7 Å². The largest absolute Gasteiger partial charge is 0.467 e. The number of para-hydroxylation sites is 1. The zero-order valence-electron chi connectivity index (χ0n) is 17.6. The van der Waals surface area contributed by atoms with Gasteiger partial charge in [-0.2, -0.15) is 0 Å². The van der Waals surface area contributed by atoms with E-state index in [0.29, 0.717) is 5.69 Å². The number of methoxy groups -OCH3 is 1. The van der Waals surface area contributed by atoms with Gasteiger partial charge < -0.3 is 4.74 Å². The first kappa shape index (κ1) is 23.4. The molecular formula is C21H26NO8P. The van der Waals surface area contributed by atoms with Crippen LogP contribution in [0.1, 0.15) is 25.5 Å². The highest BCUT2D eigenvalue weighted by Gasteiger charge is 2.60. The summed E-state index contributed by atoms with van der Waals surface area (Å²) in [5.41, 5.74) is 0.218. The molecule has 0 aliphatic carbocycles. The first-order valence-corrected chi connectivity index (χ1v) is 11.5. The minimum Gasteiger partial charge on any atom is -0.467 e. The second-order valence-electron chi connectivity index (χ2n) is 6.56. The summed E-state index contributed by atoms with van der Waals surface area (Å²) in [6.07, 6.45) is -1.30. The molecule has 9 nitrogen and oxygen atoms in total. The Bertz CT molecular complexity index is 869. The quantitative estimate of drug-likeness (QED) is 0.228. The number of hydrogen-bond donors (Lipinski definition) is 0. The molecule has 1 fully saturated rings. The van der Waals surface area contributed by atoms with Crippen molar-refractivity contribution in [3.05, 3.63) is 66.2 Å². The highest BCUT2D eigenvalue weighted by Crippen LogP contribution is 2.63. The maximum Gasteiger partial charge on any atom is 0.393 e. The summed E-state index contributed by atoms with van der Waals surface area (Å²) < 4.78 is 29.3. The Balaban J connectivity index is 2.15. The molecule has 0 aromatic heterocycles. The average Bonchev–Trinajstić information content (AvgIpc) is 3.23. The van der Waals surface area contributed by atoms with Gasteiger partial charge in [-0.05, 0) is 31.5 Å². The van der Waals surface area contributed by atoms with Crippen molar-refractivity contribution in [1.29, 1.82) is 0 Å². The molecule has 168 valence electrons. The Kier molecular flexibility index (Phi) is 8.20. The lowest BCUT2D eigenvalue weighted by atomic mass is 10.0. The van der Waals surface area contributed by atoms with E-state index in [4.69, 9.17) is 28.7 Å². The molecular weight excluding hydrogens is 425 g/mol. The van der Waals surface area contributed by atoms with Crippen molar-refractivity contribution >= 4 is 19.3 Å². The van der Waals surface area contributed by atoms with Crippen molar-refractivity contribution in [2.45, 2.75) is 31.7 Å². The number of anilines is 1. The van der Waals surface area contributed by atoms with E-state index in [2.05, 4.69) is 0 Å². The zero-order chi connectivity index (χ0) is 22.3. The second-order valence-corrected chi connectivity index (χ2v) is 8.53. The van der Waals surface area contributed by atoms with Gasteiger partial charge in [0.05, 0.1) is 32.1 Å². The SMILES string of the molecule is CCOOP(=O)(OOCC)C1C(C(=O)OC)ON(c2ccccc2)C1c1ccccc1. The lowest BCUT2D eigenvalue weighted by Crippen LogP contribution is -2.35. The third kappa shape index (κ3) is 5.15. The van der Waals surface area contributed by atoms with Crippen molar-refractivity contribution in [3.8, 4) is 0 Å². The van der Waals surface area contributed by atoms with Gasteiger partial charge in [-0.15, -0.1) is 9.35 Å². The zero-order valence-corrected chi connectivity index (χ0v) is 18.5. The molecule has 10 heteroatoms. The van der Waals surface area contributed by atoms with Gasteiger partial charge in [-0.3, -0.25) is 9.40 Å². The van der Waals surface area contributed by atoms with Crippen molar-refractivity contribution in [2.75, 3.05) is 25.4 Å². The number of carbonyl (C=O) groups is 1. The molecule has 2 aromatic rings. The molecule has 0 N–H and O–H groups in total. The first-order valence-electron chi connectivity index (χ1n) is 9.91. The summed E-state index contributed by atoms with van der Waals surface area (Å²) in [5, 5.41) is 1.51. The van der Waals surface area contributed by atoms with E-state index >= 15 is 0 Å². The molecule has 1 saturated heterocycles. The van der Waals surface area contributed by atoms with Crippen LogP contribution in [-0.4, -0.2) is 38.1 Å². The van der Waals surface area contributed by atoms with Crippen LogP contribution in [0.25, 0.3) is 0 Å². The van der Waals surface area contributed by atoms with Gasteiger partial charge >= 0.3 is 13.6 Å². The second kappa shape index (κ2) is 10.9. The summed E-state index contributed by atoms with van der Waals surface area (Å²) in [6.45, 7) is 3.54. The molecule has 0 amide bonds. The standard InChI is InChI=1S/C21H26NO8P/c1-4-26-29-31(24,30-27-5-2)20-18(16-12-8-6-9-13-16)22(17-14-10-7-11-15-17)28-19(20)21(23)25-3/h6-15,18-20H,4-5H2,1-3H3. The van der Waals surface area contributed by atoms with Crippen LogP contribution in [0.2, 0.25) is 0 Å². The number of carbonyl (C=O) groups excluding carboxylic acids is 1. The Hall–Kier alpha value is -2.26. The topological polar surface area (TPSA) is 92.8 Å². The minimum absolute atomic E-state index is 0.106. The van der Waals surface area contributed by atoms with E-state index < -0.39 is 31.4 Å². The minimum atomic E-state index is -4.21. The van der Waals surface area contributed by atoms with Crippen molar-refractivity contribution < 1.29 is 38.1 Å². The molecule has 0 saturated carbocycles. The van der Waals surface area contributed by atoms with Gasteiger partial charge in [0.1, 0.15) is 5.66 Å². The summed E-state index contributed by atoms with van der Waals surface area (Å²) in [7, 11) is -2.99. The van der Waals surface area contributed by atoms with E-state index in [1.54, 1.807) is 13.8 Å². The number of hydroxylamine groups is 1. The van der Waals surface area contributed by atoms with E-state index in [1.807, 2.05) is 60.7 Å². The molecule has 3 unspecified atom stereocenters. The van der Waals surface area contributed by atoms with Gasteiger partial charge in [0.15, 0.2) is 6.10 Å². The Morgan fingerprint density at radius 3 is 2.03 bits per heavy atom. The fourth-order valence-corrected chi connectivity index (χ4v) is 5.21. The van der Waals surface area contributed by atoms with E-state index in [9.17, 15) is 9.36 Å². The smallest absolute Gasteiger partial charge is 0.393 e. The van der Waals surface area contributed by atoms with Crippen LogP contribution in [0.5, 0.6) is 0 Å². The number of hydrogen-bond acceptors (Lipinski definition) is 9. The highest BCUT2D eigenvalue weighted by molar-refractivity contribution is 7.54. The molecule has 0 spiro atoms. The molecule has 0 radical (unpaired) electrons. The van der Waals surface area contributed by atoms with Gasteiger partial charge in [0.2, 0.25) is 0 Å². The Morgan fingerprint density at radius 2 is 1.52 bits per heavy atom. The van der Waals surface area contributed by atoms with Crippen molar-refractivity contribution in [1.82, 2.24) is 0 Å². The van der Waals surface area contributed by atoms with Gasteiger partial charge in [-0.1, -0.05) is 48.5 Å². The molecule has 2 aromatic carbocycles. The van der Waals surface area contributed by atoms with E-state index in [1.165, 1.54) is 12.2 Å². The number of ether oxygens (including phenoxy) is 1. The highest BCUT2D eigenvalue weighted by atomic mass is 31.2. The van der Waals surface area contributed by atoms with Crippen LogP contribution < -0.4 is 5.06 Å².